The summed E-state index contributed by atoms with van der Waals surface area (Å²) < 4.78 is 0. The fourth-order valence-corrected chi connectivity index (χ4v) is 4.04. The Morgan fingerprint density at radius 1 is 1.32 bits per heavy atom. The zero-order chi connectivity index (χ0) is 20.3. The Bertz CT molecular complexity index is 809. The number of hydrogen-bond donors (Lipinski definition) is 3. The van der Waals surface area contributed by atoms with Gasteiger partial charge in [-0.15, -0.1) is 0 Å². The third-order valence-corrected chi connectivity index (χ3v) is 5.64. The van der Waals surface area contributed by atoms with E-state index in [1.165, 1.54) is 0 Å². The highest BCUT2D eigenvalue weighted by Gasteiger charge is 2.55. The van der Waals surface area contributed by atoms with Crippen LogP contribution in [-0.4, -0.2) is 45.9 Å². The number of anilines is 1. The number of amides is 4. The van der Waals surface area contributed by atoms with E-state index >= 15 is 0 Å². The highest BCUT2D eigenvalue weighted by molar-refractivity contribution is 6.10. The van der Waals surface area contributed by atoms with E-state index in [2.05, 4.69) is 10.6 Å². The summed E-state index contributed by atoms with van der Waals surface area (Å²) >= 11 is 0. The van der Waals surface area contributed by atoms with E-state index in [9.17, 15) is 19.2 Å². The van der Waals surface area contributed by atoms with E-state index in [0.29, 0.717) is 18.5 Å². The van der Waals surface area contributed by atoms with Crippen LogP contribution >= 0.6 is 0 Å². The van der Waals surface area contributed by atoms with Crippen LogP contribution < -0.4 is 10.6 Å². The first-order chi connectivity index (χ1) is 13.3. The number of aryl methyl sites for hydroxylation is 1. The van der Waals surface area contributed by atoms with Gasteiger partial charge >= 0.3 is 12.0 Å². The number of carboxylic acid groups (broad SMARTS) is 1. The SMILES string of the molecule is CC1CCCCC12NC(=O)N(CC(=O)Nc1cccc(CCC(=O)O)c1)C2=O. The van der Waals surface area contributed by atoms with Gasteiger partial charge in [0.05, 0.1) is 0 Å². The molecule has 1 saturated carbocycles. The first-order valence-electron chi connectivity index (χ1n) is 9.56. The molecule has 8 nitrogen and oxygen atoms in total. The van der Waals surface area contributed by atoms with E-state index in [4.69, 9.17) is 5.11 Å². The number of urea groups is 1. The molecule has 1 aromatic rings. The van der Waals surface area contributed by atoms with Gasteiger partial charge < -0.3 is 15.7 Å². The van der Waals surface area contributed by atoms with Gasteiger partial charge in [0.15, 0.2) is 0 Å². The van der Waals surface area contributed by atoms with E-state index in [0.717, 1.165) is 29.7 Å². The molecule has 1 aliphatic heterocycles. The lowest BCUT2D eigenvalue weighted by atomic mass is 9.73. The Hall–Kier alpha value is -2.90. The highest BCUT2D eigenvalue weighted by Crippen LogP contribution is 2.38. The number of benzene rings is 1. The minimum Gasteiger partial charge on any atom is -0.481 e. The highest BCUT2D eigenvalue weighted by atomic mass is 16.4. The van der Waals surface area contributed by atoms with Crippen molar-refractivity contribution in [3.05, 3.63) is 29.8 Å². The molecule has 4 amide bonds. The van der Waals surface area contributed by atoms with Gasteiger partial charge in [-0.1, -0.05) is 31.9 Å². The van der Waals surface area contributed by atoms with Gasteiger partial charge in [0.25, 0.3) is 5.91 Å². The minimum absolute atomic E-state index is 0.000117. The standard InChI is InChI=1S/C20H25N3O5/c1-13-5-2-3-10-20(13)18(27)23(19(28)22-20)12-16(24)21-15-7-4-6-14(11-15)8-9-17(25)26/h4,6-7,11,13H,2-3,5,8-10,12H2,1H3,(H,21,24)(H,22,28)(H,25,26). The molecule has 0 radical (unpaired) electrons. The lowest BCUT2D eigenvalue weighted by Crippen LogP contribution is -2.54. The van der Waals surface area contributed by atoms with Crippen LogP contribution in [0.1, 0.15) is 44.6 Å². The van der Waals surface area contributed by atoms with Crippen molar-refractivity contribution in [1.82, 2.24) is 10.2 Å². The molecule has 1 aliphatic carbocycles. The van der Waals surface area contributed by atoms with E-state index in [-0.39, 0.29) is 24.8 Å². The van der Waals surface area contributed by atoms with Gasteiger partial charge in [-0.2, -0.15) is 0 Å². The molecule has 2 atom stereocenters. The molecule has 150 valence electrons. The molecule has 3 rings (SSSR count). The predicted molar refractivity (Wildman–Crippen MR) is 102 cm³/mol. The maximum atomic E-state index is 12.9. The molecule has 1 heterocycles. The van der Waals surface area contributed by atoms with Crippen LogP contribution in [0.5, 0.6) is 0 Å². The Morgan fingerprint density at radius 3 is 2.82 bits per heavy atom. The molecule has 2 fully saturated rings. The van der Waals surface area contributed by atoms with Crippen LogP contribution in [0, 0.1) is 5.92 Å². The molecule has 1 spiro atoms. The van der Waals surface area contributed by atoms with E-state index in [1.807, 2.05) is 6.92 Å². The quantitative estimate of drug-likeness (QED) is 0.647. The topological polar surface area (TPSA) is 116 Å². The number of aliphatic carboxylic acids is 1. The summed E-state index contributed by atoms with van der Waals surface area (Å²) in [4.78, 5) is 49.4. The summed E-state index contributed by atoms with van der Waals surface area (Å²) in [6.45, 7) is 1.61. The van der Waals surface area contributed by atoms with Crippen molar-refractivity contribution in [2.45, 2.75) is 51.0 Å². The molecule has 8 heteroatoms. The molecule has 3 N–H and O–H groups in total. The smallest absolute Gasteiger partial charge is 0.325 e. The molecule has 0 bridgehead atoms. The minimum atomic E-state index is -0.890. The lowest BCUT2D eigenvalue weighted by Gasteiger charge is -2.36. The summed E-state index contributed by atoms with van der Waals surface area (Å²) in [5, 5.41) is 14.3. The average Bonchev–Trinajstić information content (AvgIpc) is 2.88. The molecular formula is C20H25N3O5. The number of carboxylic acids is 1. The van der Waals surface area contributed by atoms with Gasteiger partial charge in [0.2, 0.25) is 5.91 Å². The maximum Gasteiger partial charge on any atom is 0.325 e. The fraction of sp³-hybridized carbons (Fsp3) is 0.500. The van der Waals surface area contributed by atoms with Gasteiger partial charge in [-0.25, -0.2) is 4.79 Å². The Balaban J connectivity index is 1.63. The second kappa shape index (κ2) is 8.00. The van der Waals surface area contributed by atoms with E-state index in [1.54, 1.807) is 24.3 Å². The first kappa shape index (κ1) is 19.9. The van der Waals surface area contributed by atoms with Crippen molar-refractivity contribution in [2.24, 2.45) is 5.92 Å². The van der Waals surface area contributed by atoms with Gasteiger partial charge in [-0.3, -0.25) is 19.3 Å². The summed E-state index contributed by atoms with van der Waals surface area (Å²) in [6.07, 6.45) is 3.73. The van der Waals surface area contributed by atoms with Crippen molar-refractivity contribution < 1.29 is 24.3 Å². The summed E-state index contributed by atoms with van der Waals surface area (Å²) in [6, 6.07) is 6.35. The summed E-state index contributed by atoms with van der Waals surface area (Å²) in [5.41, 5.74) is 0.401. The number of imide groups is 1. The molecule has 1 aromatic carbocycles. The van der Waals surface area contributed by atoms with Crippen molar-refractivity contribution in [1.29, 1.82) is 0 Å². The van der Waals surface area contributed by atoms with Crippen molar-refractivity contribution in [3.63, 3.8) is 0 Å². The van der Waals surface area contributed by atoms with Crippen LogP contribution in [0.25, 0.3) is 0 Å². The molecule has 1 saturated heterocycles. The van der Waals surface area contributed by atoms with Crippen molar-refractivity contribution in [3.8, 4) is 0 Å². The monoisotopic (exact) mass is 387 g/mol. The number of carbonyl (C=O) groups is 4. The Labute approximate surface area is 163 Å². The van der Waals surface area contributed by atoms with E-state index < -0.39 is 23.4 Å². The number of nitrogens with one attached hydrogen (secondary N) is 2. The maximum absolute atomic E-state index is 12.9. The lowest BCUT2D eigenvalue weighted by molar-refractivity contribution is -0.137. The largest absolute Gasteiger partial charge is 0.481 e. The van der Waals surface area contributed by atoms with Crippen LogP contribution in [0.15, 0.2) is 24.3 Å². The zero-order valence-electron chi connectivity index (χ0n) is 15.9. The summed E-state index contributed by atoms with van der Waals surface area (Å²) in [5.74, 6) is -1.65. The normalized spacial score (nSPS) is 24.3. The van der Waals surface area contributed by atoms with Crippen LogP contribution in [-0.2, 0) is 20.8 Å². The second-order valence-corrected chi connectivity index (χ2v) is 7.58. The van der Waals surface area contributed by atoms with Crippen LogP contribution in [0.2, 0.25) is 0 Å². The van der Waals surface area contributed by atoms with Gasteiger partial charge in [-0.05, 0) is 42.9 Å². The zero-order valence-corrected chi connectivity index (χ0v) is 15.9. The van der Waals surface area contributed by atoms with Gasteiger partial charge in [0, 0.05) is 12.1 Å². The Morgan fingerprint density at radius 2 is 2.11 bits per heavy atom. The number of carbonyl (C=O) groups excluding carboxylic acids is 3. The molecule has 2 unspecified atom stereocenters. The summed E-state index contributed by atoms with van der Waals surface area (Å²) in [7, 11) is 0. The molecule has 28 heavy (non-hydrogen) atoms. The fourth-order valence-electron chi connectivity index (χ4n) is 4.04. The third kappa shape index (κ3) is 4.00. The van der Waals surface area contributed by atoms with Crippen molar-refractivity contribution >= 4 is 29.5 Å². The van der Waals surface area contributed by atoms with Crippen LogP contribution in [0.3, 0.4) is 0 Å². The molecular weight excluding hydrogens is 362 g/mol. The number of nitrogens with zero attached hydrogens (tertiary/aromatic N) is 1. The first-order valence-corrected chi connectivity index (χ1v) is 9.56. The molecule has 2 aliphatic rings. The molecule has 0 aromatic heterocycles. The Kier molecular flexibility index (Phi) is 5.67. The van der Waals surface area contributed by atoms with Gasteiger partial charge in [0.1, 0.15) is 12.1 Å². The number of rotatable bonds is 6. The second-order valence-electron chi connectivity index (χ2n) is 7.58. The van der Waals surface area contributed by atoms with Crippen LogP contribution in [0.4, 0.5) is 10.5 Å². The van der Waals surface area contributed by atoms with Crippen molar-refractivity contribution in [2.75, 3.05) is 11.9 Å². The number of hydrogen-bond acceptors (Lipinski definition) is 4. The third-order valence-electron chi connectivity index (χ3n) is 5.64. The predicted octanol–water partition coefficient (Wildman–Crippen LogP) is 2.14. The average molecular weight is 387 g/mol.